The van der Waals surface area contributed by atoms with Crippen molar-refractivity contribution in [2.45, 2.75) is 62.4 Å². The van der Waals surface area contributed by atoms with E-state index in [9.17, 15) is 13.2 Å². The molecule has 0 saturated heterocycles. The molecule has 0 unspecified atom stereocenters. The van der Waals surface area contributed by atoms with Gasteiger partial charge >= 0.3 is 0 Å². The molecule has 0 atom stereocenters. The van der Waals surface area contributed by atoms with Crippen molar-refractivity contribution in [3.05, 3.63) is 29.8 Å². The lowest BCUT2D eigenvalue weighted by molar-refractivity contribution is 0.0923. The number of sulfonamides is 1. The van der Waals surface area contributed by atoms with Crippen LogP contribution < -0.4 is 10.0 Å². The molecule has 1 amide bonds. The molecular weight excluding hydrogens is 312 g/mol. The summed E-state index contributed by atoms with van der Waals surface area (Å²) in [6.45, 7) is 2.24. The number of carbonyl (C=O) groups is 1. The number of amides is 1. The van der Waals surface area contributed by atoms with E-state index in [4.69, 9.17) is 0 Å². The number of hydrogen-bond donors (Lipinski definition) is 2. The SMILES string of the molecule is CC1CCC(NC(=O)c2ccc(S(=O)(=O)NC3CC3)cc2)CC1. The van der Waals surface area contributed by atoms with Gasteiger partial charge in [0.25, 0.3) is 5.91 Å². The summed E-state index contributed by atoms with van der Waals surface area (Å²) in [5.41, 5.74) is 0.508. The first-order valence-electron chi connectivity index (χ1n) is 8.37. The Hall–Kier alpha value is -1.40. The molecule has 6 heteroatoms. The number of carbonyl (C=O) groups excluding carboxylic acids is 1. The molecule has 0 aromatic heterocycles. The Bertz CT molecular complexity index is 658. The zero-order chi connectivity index (χ0) is 16.4. The number of benzene rings is 1. The van der Waals surface area contributed by atoms with E-state index in [2.05, 4.69) is 17.0 Å². The number of rotatable bonds is 5. The smallest absolute Gasteiger partial charge is 0.251 e. The second kappa shape index (κ2) is 6.61. The summed E-state index contributed by atoms with van der Waals surface area (Å²) in [4.78, 5) is 12.5. The zero-order valence-corrected chi connectivity index (χ0v) is 14.2. The predicted octanol–water partition coefficient (Wildman–Crippen LogP) is 2.44. The lowest BCUT2D eigenvalue weighted by Crippen LogP contribution is -2.37. The second-order valence-corrected chi connectivity index (χ2v) is 8.56. The Morgan fingerprint density at radius 1 is 0.957 bits per heavy atom. The van der Waals surface area contributed by atoms with E-state index in [0.29, 0.717) is 5.56 Å². The van der Waals surface area contributed by atoms with Gasteiger partial charge in [0.1, 0.15) is 0 Å². The van der Waals surface area contributed by atoms with Crippen molar-refractivity contribution in [2.24, 2.45) is 5.92 Å². The van der Waals surface area contributed by atoms with Crippen molar-refractivity contribution in [1.29, 1.82) is 0 Å². The van der Waals surface area contributed by atoms with Crippen LogP contribution in [-0.2, 0) is 10.0 Å². The van der Waals surface area contributed by atoms with E-state index in [1.807, 2.05) is 0 Å². The minimum atomic E-state index is -3.45. The fourth-order valence-corrected chi connectivity index (χ4v) is 4.25. The van der Waals surface area contributed by atoms with Gasteiger partial charge in [-0.25, -0.2) is 13.1 Å². The van der Waals surface area contributed by atoms with Crippen LogP contribution in [0.15, 0.2) is 29.2 Å². The molecule has 2 saturated carbocycles. The maximum atomic E-state index is 12.3. The summed E-state index contributed by atoms with van der Waals surface area (Å²) in [6.07, 6.45) is 6.14. The highest BCUT2D eigenvalue weighted by molar-refractivity contribution is 7.89. The summed E-state index contributed by atoms with van der Waals surface area (Å²) in [7, 11) is -3.45. The normalized spacial score (nSPS) is 25.1. The third-order valence-electron chi connectivity index (χ3n) is 4.68. The van der Waals surface area contributed by atoms with Crippen molar-refractivity contribution in [3.8, 4) is 0 Å². The van der Waals surface area contributed by atoms with Gasteiger partial charge in [0.05, 0.1) is 4.90 Å². The summed E-state index contributed by atoms with van der Waals surface area (Å²) < 4.78 is 26.8. The van der Waals surface area contributed by atoms with Crippen LogP contribution in [0.1, 0.15) is 55.8 Å². The highest BCUT2D eigenvalue weighted by Gasteiger charge is 2.28. The molecule has 5 nitrogen and oxygen atoms in total. The first kappa shape index (κ1) is 16.5. The fourth-order valence-electron chi connectivity index (χ4n) is 2.95. The molecule has 3 rings (SSSR count). The lowest BCUT2D eigenvalue weighted by Gasteiger charge is -2.26. The molecule has 0 bridgehead atoms. The van der Waals surface area contributed by atoms with E-state index < -0.39 is 10.0 Å². The summed E-state index contributed by atoms with van der Waals surface area (Å²) in [5.74, 6) is 0.621. The van der Waals surface area contributed by atoms with Gasteiger partial charge in [0.15, 0.2) is 0 Å². The van der Waals surface area contributed by atoms with Crippen LogP contribution in [0.2, 0.25) is 0 Å². The molecule has 1 aromatic carbocycles. The van der Waals surface area contributed by atoms with Gasteiger partial charge in [0.2, 0.25) is 10.0 Å². The van der Waals surface area contributed by atoms with Crippen LogP contribution in [0, 0.1) is 5.92 Å². The van der Waals surface area contributed by atoms with Gasteiger partial charge in [-0.1, -0.05) is 6.92 Å². The fraction of sp³-hybridized carbons (Fsp3) is 0.588. The van der Waals surface area contributed by atoms with Crippen LogP contribution in [0.25, 0.3) is 0 Å². The monoisotopic (exact) mass is 336 g/mol. The van der Waals surface area contributed by atoms with E-state index in [1.54, 1.807) is 12.1 Å². The highest BCUT2D eigenvalue weighted by Crippen LogP contribution is 2.24. The molecule has 2 aliphatic carbocycles. The molecule has 2 aliphatic rings. The Labute approximate surface area is 137 Å². The second-order valence-electron chi connectivity index (χ2n) is 6.85. The van der Waals surface area contributed by atoms with Gasteiger partial charge in [-0.05, 0) is 68.7 Å². The predicted molar refractivity (Wildman–Crippen MR) is 88.7 cm³/mol. The van der Waals surface area contributed by atoms with Crippen molar-refractivity contribution in [2.75, 3.05) is 0 Å². The third kappa shape index (κ3) is 4.32. The van der Waals surface area contributed by atoms with Crippen LogP contribution in [0.3, 0.4) is 0 Å². The highest BCUT2D eigenvalue weighted by atomic mass is 32.2. The Balaban J connectivity index is 1.61. The minimum Gasteiger partial charge on any atom is -0.349 e. The standard InChI is InChI=1S/C17H24N2O3S/c1-12-2-6-14(7-3-12)18-17(20)13-4-10-16(11-5-13)23(21,22)19-15-8-9-15/h4-5,10-12,14-15,19H,2-3,6-9H2,1H3,(H,18,20). The van der Waals surface area contributed by atoms with Gasteiger partial charge in [-0.15, -0.1) is 0 Å². The van der Waals surface area contributed by atoms with Gasteiger partial charge < -0.3 is 5.32 Å². The maximum absolute atomic E-state index is 12.3. The molecule has 0 radical (unpaired) electrons. The molecule has 0 spiro atoms. The Morgan fingerprint density at radius 3 is 2.09 bits per heavy atom. The average molecular weight is 336 g/mol. The van der Waals surface area contributed by atoms with Crippen molar-refractivity contribution in [1.82, 2.24) is 10.0 Å². The number of nitrogens with one attached hydrogen (secondary N) is 2. The average Bonchev–Trinajstić information content (AvgIpc) is 3.33. The van der Waals surface area contributed by atoms with Crippen LogP contribution in [0.4, 0.5) is 0 Å². The van der Waals surface area contributed by atoms with Gasteiger partial charge in [0, 0.05) is 17.6 Å². The van der Waals surface area contributed by atoms with Gasteiger partial charge in [-0.2, -0.15) is 0 Å². The summed E-state index contributed by atoms with van der Waals surface area (Å²) >= 11 is 0. The largest absolute Gasteiger partial charge is 0.349 e. The number of hydrogen-bond acceptors (Lipinski definition) is 3. The molecule has 0 heterocycles. The molecule has 126 valence electrons. The topological polar surface area (TPSA) is 75.3 Å². The van der Waals surface area contributed by atoms with Crippen molar-refractivity contribution < 1.29 is 13.2 Å². The first-order chi connectivity index (χ1) is 10.9. The molecule has 23 heavy (non-hydrogen) atoms. The van der Waals surface area contributed by atoms with E-state index in [-0.39, 0.29) is 22.9 Å². The van der Waals surface area contributed by atoms with Crippen molar-refractivity contribution >= 4 is 15.9 Å². The van der Waals surface area contributed by atoms with Gasteiger partial charge in [-0.3, -0.25) is 4.79 Å². The molecule has 0 aliphatic heterocycles. The molecule has 2 N–H and O–H groups in total. The van der Waals surface area contributed by atoms with Crippen LogP contribution >= 0.6 is 0 Å². The first-order valence-corrected chi connectivity index (χ1v) is 9.85. The summed E-state index contributed by atoms with van der Waals surface area (Å²) in [5, 5.41) is 3.05. The van der Waals surface area contributed by atoms with Crippen molar-refractivity contribution in [3.63, 3.8) is 0 Å². The Kier molecular flexibility index (Phi) is 4.73. The minimum absolute atomic E-state index is 0.0802. The molecule has 2 fully saturated rings. The zero-order valence-electron chi connectivity index (χ0n) is 13.4. The summed E-state index contributed by atoms with van der Waals surface area (Å²) in [6, 6.07) is 6.49. The van der Waals surface area contributed by atoms with E-state index >= 15 is 0 Å². The van der Waals surface area contributed by atoms with Crippen LogP contribution in [0.5, 0.6) is 0 Å². The quantitative estimate of drug-likeness (QED) is 0.867. The third-order valence-corrected chi connectivity index (χ3v) is 6.21. The molecular formula is C17H24N2O3S. The van der Waals surface area contributed by atoms with Crippen LogP contribution in [-0.4, -0.2) is 26.4 Å². The maximum Gasteiger partial charge on any atom is 0.251 e. The molecule has 1 aromatic rings. The lowest BCUT2D eigenvalue weighted by atomic mass is 9.87. The van der Waals surface area contributed by atoms with E-state index in [0.717, 1.165) is 44.4 Å². The Morgan fingerprint density at radius 2 is 1.52 bits per heavy atom. The van der Waals surface area contributed by atoms with E-state index in [1.165, 1.54) is 12.1 Å².